The second-order valence-corrected chi connectivity index (χ2v) is 9.05. The Morgan fingerprint density at radius 1 is 0.921 bits per heavy atom. The number of carbonyl (C=O) groups is 2. The molecule has 0 fully saturated rings. The fourth-order valence-corrected chi connectivity index (χ4v) is 4.07. The lowest BCUT2D eigenvalue weighted by Gasteiger charge is -2.28. The highest BCUT2D eigenvalue weighted by molar-refractivity contribution is 5.96. The van der Waals surface area contributed by atoms with E-state index in [-0.39, 0.29) is 50.0 Å². The lowest BCUT2D eigenvalue weighted by atomic mass is 10.1. The van der Waals surface area contributed by atoms with E-state index in [4.69, 9.17) is 9.15 Å². The number of carbonyl (C=O) groups excluding carboxylic acids is 2. The second-order valence-electron chi connectivity index (χ2n) is 9.05. The Hall–Kier alpha value is -4.30. The van der Waals surface area contributed by atoms with E-state index in [0.29, 0.717) is 27.7 Å². The SMILES string of the molecule is COCCN(CC(=O)N(Cc1ccc(F)cc1)Cc1coc2ccccc2c1=O)C(=O)c1ccc(C)cc1. The maximum absolute atomic E-state index is 13.6. The van der Waals surface area contributed by atoms with Crippen LogP contribution in [-0.2, 0) is 22.6 Å². The summed E-state index contributed by atoms with van der Waals surface area (Å²) in [4.78, 5) is 42.9. The molecule has 0 N–H and O–H groups in total. The lowest BCUT2D eigenvalue weighted by molar-refractivity contribution is -0.133. The van der Waals surface area contributed by atoms with Crippen molar-refractivity contribution in [1.82, 2.24) is 9.80 Å². The topological polar surface area (TPSA) is 80.1 Å². The Kier molecular flexibility index (Phi) is 8.66. The summed E-state index contributed by atoms with van der Waals surface area (Å²) in [5.41, 5.74) is 2.66. The molecule has 3 aromatic carbocycles. The van der Waals surface area contributed by atoms with Gasteiger partial charge in [0, 0.05) is 25.8 Å². The van der Waals surface area contributed by atoms with Crippen LogP contribution in [0.5, 0.6) is 0 Å². The third kappa shape index (κ3) is 6.52. The Balaban J connectivity index is 1.62. The highest BCUT2D eigenvalue weighted by atomic mass is 19.1. The van der Waals surface area contributed by atoms with Crippen LogP contribution in [0, 0.1) is 12.7 Å². The van der Waals surface area contributed by atoms with Crippen LogP contribution in [-0.4, -0.2) is 48.4 Å². The predicted octanol–water partition coefficient (Wildman–Crippen LogP) is 4.56. The first-order chi connectivity index (χ1) is 18.4. The highest BCUT2D eigenvalue weighted by Gasteiger charge is 2.24. The van der Waals surface area contributed by atoms with Crippen LogP contribution < -0.4 is 5.43 Å². The number of ether oxygens (including phenoxy) is 1. The van der Waals surface area contributed by atoms with Crippen molar-refractivity contribution in [1.29, 1.82) is 0 Å². The van der Waals surface area contributed by atoms with Gasteiger partial charge in [-0.05, 0) is 48.9 Å². The van der Waals surface area contributed by atoms with E-state index in [1.54, 1.807) is 48.5 Å². The number of amides is 2. The molecule has 4 rings (SSSR count). The van der Waals surface area contributed by atoms with Crippen molar-refractivity contribution >= 4 is 22.8 Å². The average Bonchev–Trinajstić information content (AvgIpc) is 2.93. The van der Waals surface area contributed by atoms with Gasteiger partial charge in [-0.2, -0.15) is 0 Å². The molecule has 7 nitrogen and oxygen atoms in total. The quantitative estimate of drug-likeness (QED) is 0.309. The largest absolute Gasteiger partial charge is 0.464 e. The molecule has 0 radical (unpaired) electrons. The molecule has 0 aliphatic carbocycles. The Morgan fingerprint density at radius 3 is 2.34 bits per heavy atom. The van der Waals surface area contributed by atoms with Gasteiger partial charge in [-0.3, -0.25) is 14.4 Å². The minimum Gasteiger partial charge on any atom is -0.464 e. The molecule has 1 heterocycles. The molecule has 4 aromatic rings. The highest BCUT2D eigenvalue weighted by Crippen LogP contribution is 2.15. The van der Waals surface area contributed by atoms with E-state index in [1.807, 2.05) is 19.1 Å². The molecule has 0 bridgehead atoms. The van der Waals surface area contributed by atoms with E-state index >= 15 is 0 Å². The zero-order chi connectivity index (χ0) is 27.1. The zero-order valence-corrected chi connectivity index (χ0v) is 21.4. The van der Waals surface area contributed by atoms with Crippen LogP contribution in [0.1, 0.15) is 27.0 Å². The van der Waals surface area contributed by atoms with Crippen LogP contribution in [0.4, 0.5) is 4.39 Å². The van der Waals surface area contributed by atoms with Gasteiger partial charge in [0.25, 0.3) is 5.91 Å². The first-order valence-electron chi connectivity index (χ1n) is 12.2. The van der Waals surface area contributed by atoms with Crippen molar-refractivity contribution in [2.45, 2.75) is 20.0 Å². The lowest BCUT2D eigenvalue weighted by Crippen LogP contribution is -2.44. The van der Waals surface area contributed by atoms with Crippen molar-refractivity contribution in [3.63, 3.8) is 0 Å². The first kappa shape index (κ1) is 26.8. The number of aryl methyl sites for hydroxylation is 1. The monoisotopic (exact) mass is 516 g/mol. The second kappa shape index (κ2) is 12.3. The van der Waals surface area contributed by atoms with Gasteiger partial charge < -0.3 is 19.0 Å². The van der Waals surface area contributed by atoms with Crippen molar-refractivity contribution in [3.05, 3.63) is 117 Å². The number of hydrogen-bond acceptors (Lipinski definition) is 5. The van der Waals surface area contributed by atoms with Gasteiger partial charge in [-0.15, -0.1) is 0 Å². The van der Waals surface area contributed by atoms with Gasteiger partial charge in [-0.25, -0.2) is 4.39 Å². The first-order valence-corrected chi connectivity index (χ1v) is 12.2. The van der Waals surface area contributed by atoms with Crippen LogP contribution in [0.3, 0.4) is 0 Å². The number of rotatable bonds is 10. The molecule has 0 saturated carbocycles. The molecule has 38 heavy (non-hydrogen) atoms. The smallest absolute Gasteiger partial charge is 0.254 e. The Morgan fingerprint density at radius 2 is 1.63 bits per heavy atom. The number of para-hydroxylation sites is 1. The van der Waals surface area contributed by atoms with Gasteiger partial charge in [0.2, 0.25) is 5.91 Å². The maximum atomic E-state index is 13.6. The van der Waals surface area contributed by atoms with Gasteiger partial charge in [0.1, 0.15) is 17.9 Å². The molecule has 0 atom stereocenters. The summed E-state index contributed by atoms with van der Waals surface area (Å²) in [6.07, 6.45) is 1.36. The summed E-state index contributed by atoms with van der Waals surface area (Å²) in [5, 5.41) is 0.412. The van der Waals surface area contributed by atoms with E-state index in [1.165, 1.54) is 35.3 Å². The summed E-state index contributed by atoms with van der Waals surface area (Å²) >= 11 is 0. The summed E-state index contributed by atoms with van der Waals surface area (Å²) in [5.74, 6) is -1.07. The third-order valence-corrected chi connectivity index (χ3v) is 6.23. The number of methoxy groups -OCH3 is 1. The van der Waals surface area contributed by atoms with Crippen molar-refractivity contribution in [3.8, 4) is 0 Å². The molecule has 8 heteroatoms. The maximum Gasteiger partial charge on any atom is 0.254 e. The predicted molar refractivity (Wildman–Crippen MR) is 142 cm³/mol. The van der Waals surface area contributed by atoms with Gasteiger partial charge in [0.05, 0.1) is 30.4 Å². The average molecular weight is 517 g/mol. The Bertz CT molecular complexity index is 1470. The van der Waals surface area contributed by atoms with Gasteiger partial charge in [-0.1, -0.05) is 42.0 Å². The summed E-state index contributed by atoms with van der Waals surface area (Å²) < 4.78 is 24.3. The molecule has 2 amide bonds. The normalized spacial score (nSPS) is 10.9. The molecular weight excluding hydrogens is 487 g/mol. The molecule has 0 aliphatic heterocycles. The number of halogens is 1. The van der Waals surface area contributed by atoms with Crippen LogP contribution >= 0.6 is 0 Å². The standard InChI is InChI=1S/C30H29FN2O5/c1-21-7-11-23(12-8-21)30(36)32(15-16-37-2)19-28(34)33(17-22-9-13-25(31)14-10-22)18-24-20-38-27-6-4-3-5-26(27)29(24)35/h3-14,20H,15-19H2,1-2H3. The molecular formula is C30H29FN2O5. The number of fused-ring (bicyclic) bond motifs is 1. The van der Waals surface area contributed by atoms with Crippen molar-refractivity contribution in [2.75, 3.05) is 26.8 Å². The van der Waals surface area contributed by atoms with Crippen molar-refractivity contribution < 1.29 is 23.1 Å². The van der Waals surface area contributed by atoms with Gasteiger partial charge >= 0.3 is 0 Å². The third-order valence-electron chi connectivity index (χ3n) is 6.23. The van der Waals surface area contributed by atoms with Crippen LogP contribution in [0.25, 0.3) is 11.0 Å². The van der Waals surface area contributed by atoms with E-state index in [0.717, 1.165) is 5.56 Å². The number of benzene rings is 3. The number of nitrogens with zero attached hydrogens (tertiary/aromatic N) is 2. The minimum atomic E-state index is -0.392. The van der Waals surface area contributed by atoms with E-state index in [9.17, 15) is 18.8 Å². The van der Waals surface area contributed by atoms with Crippen molar-refractivity contribution in [2.24, 2.45) is 0 Å². The fourth-order valence-electron chi connectivity index (χ4n) is 4.07. The molecule has 0 spiro atoms. The van der Waals surface area contributed by atoms with Crippen LogP contribution in [0.2, 0.25) is 0 Å². The van der Waals surface area contributed by atoms with E-state index in [2.05, 4.69) is 0 Å². The molecule has 196 valence electrons. The number of hydrogen-bond donors (Lipinski definition) is 0. The molecule has 0 saturated heterocycles. The molecule has 0 unspecified atom stereocenters. The molecule has 1 aromatic heterocycles. The summed E-state index contributed by atoms with van der Waals surface area (Å²) in [6.45, 7) is 2.23. The summed E-state index contributed by atoms with van der Waals surface area (Å²) in [6, 6.07) is 19.8. The summed E-state index contributed by atoms with van der Waals surface area (Å²) in [7, 11) is 1.52. The Labute approximate surface area is 220 Å². The minimum absolute atomic E-state index is 0.0415. The fraction of sp³-hybridized carbons (Fsp3) is 0.233. The molecule has 0 aliphatic rings. The van der Waals surface area contributed by atoms with Gasteiger partial charge in [0.15, 0.2) is 5.43 Å². The van der Waals surface area contributed by atoms with Crippen LogP contribution in [0.15, 0.2) is 88.3 Å². The van der Waals surface area contributed by atoms with E-state index < -0.39 is 5.82 Å². The zero-order valence-electron chi connectivity index (χ0n) is 21.4.